The van der Waals surface area contributed by atoms with Crippen molar-refractivity contribution in [3.05, 3.63) is 51.8 Å². The lowest BCUT2D eigenvalue weighted by Crippen LogP contribution is -2.27. The highest BCUT2D eigenvalue weighted by molar-refractivity contribution is 7.17. The minimum absolute atomic E-state index is 0.177. The predicted molar refractivity (Wildman–Crippen MR) is 74.7 cm³/mol. The lowest BCUT2D eigenvalue weighted by atomic mass is 10.3. The van der Waals surface area contributed by atoms with E-state index in [0.29, 0.717) is 21.6 Å². The number of amides is 1. The molecule has 0 aliphatic heterocycles. The zero-order chi connectivity index (χ0) is 14.1. The van der Waals surface area contributed by atoms with Crippen LogP contribution in [-0.4, -0.2) is 27.8 Å². The van der Waals surface area contributed by atoms with E-state index in [-0.39, 0.29) is 18.0 Å². The van der Waals surface area contributed by atoms with Crippen molar-refractivity contribution in [2.45, 2.75) is 6.54 Å². The van der Waals surface area contributed by atoms with E-state index in [4.69, 9.17) is 4.42 Å². The van der Waals surface area contributed by atoms with Crippen molar-refractivity contribution in [3.8, 4) is 0 Å². The van der Waals surface area contributed by atoms with Crippen LogP contribution in [0.4, 0.5) is 0 Å². The summed E-state index contributed by atoms with van der Waals surface area (Å²) in [6, 6.07) is 3.38. The zero-order valence-electron chi connectivity index (χ0n) is 10.6. The van der Waals surface area contributed by atoms with E-state index in [1.165, 1.54) is 28.8 Å². The van der Waals surface area contributed by atoms with Crippen LogP contribution in [0.2, 0.25) is 0 Å². The molecule has 0 radical (unpaired) electrons. The third kappa shape index (κ3) is 2.23. The molecule has 1 amide bonds. The highest BCUT2D eigenvalue weighted by atomic mass is 32.1. The second kappa shape index (κ2) is 4.93. The van der Waals surface area contributed by atoms with Gasteiger partial charge in [0.2, 0.25) is 0 Å². The van der Waals surface area contributed by atoms with Crippen LogP contribution in [0.15, 0.2) is 39.3 Å². The van der Waals surface area contributed by atoms with Gasteiger partial charge in [-0.25, -0.2) is 4.98 Å². The van der Waals surface area contributed by atoms with Crippen molar-refractivity contribution in [3.63, 3.8) is 0 Å². The third-order valence-electron chi connectivity index (χ3n) is 2.87. The average molecular weight is 289 g/mol. The molecule has 3 rings (SSSR count). The Bertz CT molecular complexity index is 804. The zero-order valence-corrected chi connectivity index (χ0v) is 11.4. The Hall–Kier alpha value is -2.41. The van der Waals surface area contributed by atoms with Gasteiger partial charge < -0.3 is 14.3 Å². The molecule has 0 aromatic carbocycles. The molecule has 7 heteroatoms. The van der Waals surface area contributed by atoms with Crippen LogP contribution in [-0.2, 0) is 6.54 Å². The first-order valence-electron chi connectivity index (χ1n) is 5.89. The van der Waals surface area contributed by atoms with Gasteiger partial charge in [-0.1, -0.05) is 0 Å². The van der Waals surface area contributed by atoms with Gasteiger partial charge in [-0.3, -0.25) is 9.59 Å². The van der Waals surface area contributed by atoms with Crippen molar-refractivity contribution in [2.75, 3.05) is 7.05 Å². The fraction of sp³-hybridized carbons (Fsp3) is 0.154. The Morgan fingerprint density at radius 2 is 2.35 bits per heavy atom. The van der Waals surface area contributed by atoms with Crippen LogP contribution >= 0.6 is 11.3 Å². The third-order valence-corrected chi connectivity index (χ3v) is 3.77. The standard InChI is InChI=1S/C13H11N3O3S/c1-16(13(18)8-2-4-19-7-8)6-10-14-9-3-5-20-11(9)12(17)15-10/h2-5,7H,6H2,1H3,(H,14,15,17). The van der Waals surface area contributed by atoms with Crippen molar-refractivity contribution in [2.24, 2.45) is 0 Å². The van der Waals surface area contributed by atoms with E-state index < -0.39 is 0 Å². The topological polar surface area (TPSA) is 79.2 Å². The van der Waals surface area contributed by atoms with E-state index >= 15 is 0 Å². The maximum absolute atomic E-state index is 12.1. The number of carbonyl (C=O) groups excluding carboxylic acids is 1. The van der Waals surface area contributed by atoms with Gasteiger partial charge in [-0.05, 0) is 17.5 Å². The molecule has 3 heterocycles. The monoisotopic (exact) mass is 289 g/mol. The second-order valence-corrected chi connectivity index (χ2v) is 5.24. The number of nitrogens with one attached hydrogen (secondary N) is 1. The number of rotatable bonds is 3. The van der Waals surface area contributed by atoms with Gasteiger partial charge in [0, 0.05) is 7.05 Å². The van der Waals surface area contributed by atoms with E-state index in [0.717, 1.165) is 0 Å². The van der Waals surface area contributed by atoms with Crippen molar-refractivity contribution in [1.82, 2.24) is 14.9 Å². The molecule has 20 heavy (non-hydrogen) atoms. The smallest absolute Gasteiger partial charge is 0.268 e. The van der Waals surface area contributed by atoms with Crippen LogP contribution in [0.1, 0.15) is 16.2 Å². The number of hydrogen-bond donors (Lipinski definition) is 1. The Kier molecular flexibility index (Phi) is 3.11. The van der Waals surface area contributed by atoms with Crippen LogP contribution in [0.25, 0.3) is 10.2 Å². The van der Waals surface area contributed by atoms with Gasteiger partial charge in [-0.15, -0.1) is 11.3 Å². The summed E-state index contributed by atoms with van der Waals surface area (Å²) >= 11 is 1.35. The molecule has 0 unspecified atom stereocenters. The first-order valence-corrected chi connectivity index (χ1v) is 6.77. The summed E-state index contributed by atoms with van der Waals surface area (Å²) in [4.78, 5) is 32.4. The van der Waals surface area contributed by atoms with Gasteiger partial charge in [0.25, 0.3) is 11.5 Å². The molecule has 0 fully saturated rings. The van der Waals surface area contributed by atoms with Crippen LogP contribution < -0.4 is 5.56 Å². The Morgan fingerprint density at radius 3 is 3.10 bits per heavy atom. The summed E-state index contributed by atoms with van der Waals surface area (Å²) in [6.45, 7) is 0.227. The number of aromatic nitrogens is 2. The number of furan rings is 1. The van der Waals surface area contributed by atoms with Crippen molar-refractivity contribution < 1.29 is 9.21 Å². The molecule has 0 atom stereocenters. The Labute approximate surface area is 117 Å². The van der Waals surface area contributed by atoms with Gasteiger partial charge in [-0.2, -0.15) is 0 Å². The molecule has 0 bridgehead atoms. The molecule has 102 valence electrons. The molecule has 0 saturated carbocycles. The minimum atomic E-state index is -0.188. The highest BCUT2D eigenvalue weighted by Gasteiger charge is 2.15. The van der Waals surface area contributed by atoms with Crippen LogP contribution in [0, 0.1) is 0 Å². The fourth-order valence-electron chi connectivity index (χ4n) is 1.90. The number of fused-ring (bicyclic) bond motifs is 1. The summed E-state index contributed by atoms with van der Waals surface area (Å²) in [7, 11) is 1.65. The average Bonchev–Trinajstić information content (AvgIpc) is 3.08. The Morgan fingerprint density at radius 1 is 1.50 bits per heavy atom. The van der Waals surface area contributed by atoms with Gasteiger partial charge in [0.05, 0.1) is 23.9 Å². The number of carbonyl (C=O) groups is 1. The summed E-state index contributed by atoms with van der Waals surface area (Å²) in [5.41, 5.74) is 0.938. The highest BCUT2D eigenvalue weighted by Crippen LogP contribution is 2.14. The van der Waals surface area contributed by atoms with Crippen LogP contribution in [0.3, 0.4) is 0 Å². The number of hydrogen-bond acceptors (Lipinski definition) is 5. The maximum Gasteiger partial charge on any atom is 0.268 e. The first-order chi connectivity index (χ1) is 9.65. The normalized spacial score (nSPS) is 10.8. The molecular weight excluding hydrogens is 278 g/mol. The van der Waals surface area contributed by atoms with Gasteiger partial charge in [0.1, 0.15) is 16.8 Å². The lowest BCUT2D eigenvalue weighted by Gasteiger charge is -2.15. The summed E-state index contributed by atoms with van der Waals surface area (Å²) < 4.78 is 5.48. The van der Waals surface area contributed by atoms with Crippen molar-refractivity contribution >= 4 is 27.5 Å². The summed E-state index contributed by atoms with van der Waals surface area (Å²) in [5.74, 6) is 0.270. The molecule has 3 aromatic rings. The number of aromatic amines is 1. The van der Waals surface area contributed by atoms with Crippen molar-refractivity contribution in [1.29, 1.82) is 0 Å². The van der Waals surface area contributed by atoms with E-state index in [2.05, 4.69) is 9.97 Å². The number of thiophene rings is 1. The summed E-state index contributed by atoms with van der Waals surface area (Å²) in [6.07, 6.45) is 2.83. The first kappa shape index (κ1) is 12.6. The quantitative estimate of drug-likeness (QED) is 0.798. The molecule has 6 nitrogen and oxygen atoms in total. The van der Waals surface area contributed by atoms with E-state index in [1.54, 1.807) is 19.2 Å². The Balaban J connectivity index is 1.85. The minimum Gasteiger partial charge on any atom is -0.472 e. The molecule has 0 aliphatic carbocycles. The largest absolute Gasteiger partial charge is 0.472 e. The van der Waals surface area contributed by atoms with Gasteiger partial charge in [0.15, 0.2) is 0 Å². The molecule has 0 aliphatic rings. The predicted octanol–water partition coefficient (Wildman–Crippen LogP) is 1.85. The molecule has 1 N–H and O–H groups in total. The van der Waals surface area contributed by atoms with E-state index in [1.807, 2.05) is 5.38 Å². The molecular formula is C13H11N3O3S. The summed E-state index contributed by atoms with van der Waals surface area (Å²) in [5, 5.41) is 1.82. The van der Waals surface area contributed by atoms with Gasteiger partial charge >= 0.3 is 0 Å². The fourth-order valence-corrected chi connectivity index (χ4v) is 2.63. The number of nitrogens with zero attached hydrogens (tertiary/aromatic N) is 2. The van der Waals surface area contributed by atoms with Crippen LogP contribution in [0.5, 0.6) is 0 Å². The SMILES string of the molecule is CN(Cc1nc2ccsc2c(=O)[nH]1)C(=O)c1ccoc1. The number of H-pyrrole nitrogens is 1. The lowest BCUT2D eigenvalue weighted by molar-refractivity contribution is 0.0781. The molecule has 0 spiro atoms. The molecule has 3 aromatic heterocycles. The maximum atomic E-state index is 12.1. The second-order valence-electron chi connectivity index (χ2n) is 4.32. The molecule has 0 saturated heterocycles. The van der Waals surface area contributed by atoms with E-state index in [9.17, 15) is 9.59 Å².